The van der Waals surface area contributed by atoms with Gasteiger partial charge in [-0.05, 0) is 6.42 Å². The minimum Gasteiger partial charge on any atom is -0.379 e. The number of ether oxygens (including phenoxy) is 3. The summed E-state index contributed by atoms with van der Waals surface area (Å²) >= 11 is 0. The molecule has 3 N–H and O–H groups in total. The summed E-state index contributed by atoms with van der Waals surface area (Å²) in [6.45, 7) is 8.65. The second kappa shape index (κ2) is 15.8. The Labute approximate surface area is 105 Å². The molecule has 0 radical (unpaired) electrons. The largest absolute Gasteiger partial charge is 0.379 e. The molecule has 17 heavy (non-hydrogen) atoms. The molecule has 0 rings (SSSR count). The second-order valence-electron chi connectivity index (χ2n) is 3.73. The van der Waals surface area contributed by atoms with Gasteiger partial charge in [-0.3, -0.25) is 0 Å². The highest BCUT2D eigenvalue weighted by Crippen LogP contribution is 1.87. The first-order chi connectivity index (χ1) is 8.41. The summed E-state index contributed by atoms with van der Waals surface area (Å²) in [5, 5.41) is 3.15. The van der Waals surface area contributed by atoms with Crippen molar-refractivity contribution in [3.05, 3.63) is 0 Å². The van der Waals surface area contributed by atoms with E-state index in [-0.39, 0.29) is 0 Å². The van der Waals surface area contributed by atoms with Crippen molar-refractivity contribution in [2.24, 2.45) is 5.73 Å². The van der Waals surface area contributed by atoms with Gasteiger partial charge in [0.15, 0.2) is 0 Å². The van der Waals surface area contributed by atoms with Gasteiger partial charge in [0.25, 0.3) is 0 Å². The fourth-order valence-electron chi connectivity index (χ4n) is 1.16. The van der Waals surface area contributed by atoms with Gasteiger partial charge in [-0.1, -0.05) is 13.3 Å². The van der Waals surface area contributed by atoms with Crippen molar-refractivity contribution in [3.63, 3.8) is 0 Å². The highest BCUT2D eigenvalue weighted by Gasteiger charge is 1.91. The molecule has 5 nitrogen and oxygen atoms in total. The molecule has 0 aliphatic rings. The van der Waals surface area contributed by atoms with Gasteiger partial charge in [0.1, 0.15) is 0 Å². The first-order valence-electron chi connectivity index (χ1n) is 6.55. The van der Waals surface area contributed by atoms with E-state index in [1.807, 2.05) is 0 Å². The lowest BCUT2D eigenvalue weighted by Crippen LogP contribution is -2.26. The summed E-state index contributed by atoms with van der Waals surface area (Å²) in [5.74, 6) is 0. The third kappa shape index (κ3) is 15.8. The van der Waals surface area contributed by atoms with Crippen LogP contribution in [-0.4, -0.2) is 59.3 Å². The average Bonchev–Trinajstić information content (AvgIpc) is 2.35. The minimum atomic E-state index is 0.633. The summed E-state index contributed by atoms with van der Waals surface area (Å²) in [5.41, 5.74) is 5.33. The molecule has 5 heteroatoms. The molecule has 0 atom stereocenters. The molecule has 0 aliphatic carbocycles. The topological polar surface area (TPSA) is 65.7 Å². The highest BCUT2D eigenvalue weighted by atomic mass is 16.5. The number of nitrogens with one attached hydrogen (secondary N) is 1. The van der Waals surface area contributed by atoms with Crippen molar-refractivity contribution < 1.29 is 14.2 Å². The van der Waals surface area contributed by atoms with E-state index in [4.69, 9.17) is 19.9 Å². The third-order valence-electron chi connectivity index (χ3n) is 2.13. The Morgan fingerprint density at radius 2 is 1.41 bits per heavy atom. The average molecular weight is 248 g/mol. The van der Waals surface area contributed by atoms with E-state index in [2.05, 4.69) is 12.2 Å². The molecule has 0 aromatic carbocycles. The monoisotopic (exact) mass is 248 g/mol. The van der Waals surface area contributed by atoms with Crippen LogP contribution in [0.3, 0.4) is 0 Å². The summed E-state index contributed by atoms with van der Waals surface area (Å²) in [7, 11) is 0. The molecule has 0 aromatic heterocycles. The fraction of sp³-hybridized carbons (Fsp3) is 1.00. The summed E-state index contributed by atoms with van der Waals surface area (Å²) in [6.07, 6.45) is 2.30. The maximum Gasteiger partial charge on any atom is 0.0701 e. The Balaban J connectivity index is 2.85. The van der Waals surface area contributed by atoms with Crippen LogP contribution in [0.2, 0.25) is 0 Å². The number of nitrogens with two attached hydrogens (primary N) is 1. The van der Waals surface area contributed by atoms with E-state index in [0.29, 0.717) is 39.6 Å². The molecule has 0 saturated heterocycles. The van der Waals surface area contributed by atoms with Gasteiger partial charge in [-0.15, -0.1) is 0 Å². The molecular weight excluding hydrogens is 220 g/mol. The molecule has 104 valence electrons. The van der Waals surface area contributed by atoms with E-state index >= 15 is 0 Å². The van der Waals surface area contributed by atoms with Crippen molar-refractivity contribution >= 4 is 0 Å². The van der Waals surface area contributed by atoms with Crippen molar-refractivity contribution in [1.29, 1.82) is 0 Å². The van der Waals surface area contributed by atoms with E-state index in [9.17, 15) is 0 Å². The van der Waals surface area contributed by atoms with Crippen molar-refractivity contribution in [3.8, 4) is 0 Å². The maximum atomic E-state index is 5.36. The molecule has 0 spiro atoms. The molecule has 0 unspecified atom stereocenters. The van der Waals surface area contributed by atoms with Gasteiger partial charge < -0.3 is 25.3 Å². The molecular formula is C12H28N2O3. The SMILES string of the molecule is CCCCOCCOCCOCCNCCN. The first-order valence-corrected chi connectivity index (χ1v) is 6.55. The van der Waals surface area contributed by atoms with Crippen LogP contribution >= 0.6 is 0 Å². The standard InChI is InChI=1S/C12H28N2O3/c1-2-3-7-15-9-11-17-12-10-16-8-6-14-5-4-13/h14H,2-13H2,1H3. The zero-order valence-electron chi connectivity index (χ0n) is 11.1. The Morgan fingerprint density at radius 3 is 2.00 bits per heavy atom. The molecule has 0 bridgehead atoms. The second-order valence-corrected chi connectivity index (χ2v) is 3.73. The van der Waals surface area contributed by atoms with Crippen molar-refractivity contribution in [2.45, 2.75) is 19.8 Å². The molecule has 0 aliphatic heterocycles. The number of rotatable bonds is 14. The van der Waals surface area contributed by atoms with Crippen LogP contribution in [0, 0.1) is 0 Å². The van der Waals surface area contributed by atoms with Crippen LogP contribution < -0.4 is 11.1 Å². The van der Waals surface area contributed by atoms with Gasteiger partial charge in [0, 0.05) is 26.2 Å². The van der Waals surface area contributed by atoms with Gasteiger partial charge in [-0.25, -0.2) is 0 Å². The number of hydrogen-bond donors (Lipinski definition) is 2. The van der Waals surface area contributed by atoms with E-state index < -0.39 is 0 Å². The summed E-state index contributed by atoms with van der Waals surface area (Å²) < 4.78 is 16.1. The quantitative estimate of drug-likeness (QED) is 0.435. The minimum absolute atomic E-state index is 0.633. The normalized spacial score (nSPS) is 10.9. The highest BCUT2D eigenvalue weighted by molar-refractivity contribution is 4.45. The van der Waals surface area contributed by atoms with Crippen LogP contribution in [-0.2, 0) is 14.2 Å². The van der Waals surface area contributed by atoms with E-state index in [1.165, 1.54) is 6.42 Å². The lowest BCUT2D eigenvalue weighted by atomic mass is 10.4. The van der Waals surface area contributed by atoms with Gasteiger partial charge in [0.05, 0.1) is 33.0 Å². The Hall–Kier alpha value is -0.200. The van der Waals surface area contributed by atoms with E-state index in [0.717, 1.165) is 26.1 Å². The van der Waals surface area contributed by atoms with E-state index in [1.54, 1.807) is 0 Å². The molecule has 0 fully saturated rings. The third-order valence-corrected chi connectivity index (χ3v) is 2.13. The van der Waals surface area contributed by atoms with Crippen LogP contribution in [0.1, 0.15) is 19.8 Å². The maximum absolute atomic E-state index is 5.36. The Bertz CT molecular complexity index is 123. The predicted molar refractivity (Wildman–Crippen MR) is 69.3 cm³/mol. The van der Waals surface area contributed by atoms with Crippen LogP contribution in [0.15, 0.2) is 0 Å². The molecule has 0 amide bonds. The van der Waals surface area contributed by atoms with Crippen molar-refractivity contribution in [1.82, 2.24) is 5.32 Å². The summed E-state index contributed by atoms with van der Waals surface area (Å²) in [4.78, 5) is 0. The predicted octanol–water partition coefficient (Wildman–Crippen LogP) is 0.385. The van der Waals surface area contributed by atoms with Gasteiger partial charge in [0.2, 0.25) is 0 Å². The lowest BCUT2D eigenvalue weighted by molar-refractivity contribution is 0.0147. The number of hydrogen-bond acceptors (Lipinski definition) is 5. The smallest absolute Gasteiger partial charge is 0.0701 e. The van der Waals surface area contributed by atoms with Crippen LogP contribution in [0.5, 0.6) is 0 Å². The number of unbranched alkanes of at least 4 members (excludes halogenated alkanes) is 1. The fourth-order valence-corrected chi connectivity index (χ4v) is 1.16. The first kappa shape index (κ1) is 16.8. The van der Waals surface area contributed by atoms with Gasteiger partial charge >= 0.3 is 0 Å². The Kier molecular flexibility index (Phi) is 15.6. The van der Waals surface area contributed by atoms with Crippen molar-refractivity contribution in [2.75, 3.05) is 59.3 Å². The zero-order chi connectivity index (χ0) is 12.6. The zero-order valence-corrected chi connectivity index (χ0v) is 11.1. The Morgan fingerprint density at radius 1 is 0.824 bits per heavy atom. The van der Waals surface area contributed by atoms with Gasteiger partial charge in [-0.2, -0.15) is 0 Å². The summed E-state index contributed by atoms with van der Waals surface area (Å²) in [6, 6.07) is 0. The van der Waals surface area contributed by atoms with Crippen LogP contribution in [0.25, 0.3) is 0 Å². The molecule has 0 aromatic rings. The van der Waals surface area contributed by atoms with Crippen LogP contribution in [0.4, 0.5) is 0 Å². The molecule has 0 heterocycles. The molecule has 0 saturated carbocycles. The lowest BCUT2D eigenvalue weighted by Gasteiger charge is -2.07.